The van der Waals surface area contributed by atoms with Crippen molar-refractivity contribution in [1.82, 2.24) is 4.98 Å². The summed E-state index contributed by atoms with van der Waals surface area (Å²) in [6.45, 7) is 1.95. The van der Waals surface area contributed by atoms with Gasteiger partial charge in [0.25, 0.3) is 0 Å². The number of aromatic carboxylic acids is 1. The maximum absolute atomic E-state index is 10.9. The molecule has 15 heavy (non-hydrogen) atoms. The molecule has 0 aromatic carbocycles. The summed E-state index contributed by atoms with van der Waals surface area (Å²) < 4.78 is 5.17. The zero-order valence-electron chi connectivity index (χ0n) is 8.43. The van der Waals surface area contributed by atoms with Gasteiger partial charge in [0.1, 0.15) is 5.56 Å². The first-order chi connectivity index (χ1) is 7.16. The number of aliphatic hydroxyl groups is 1. The number of ether oxygens (including phenoxy) is 1. The Bertz CT molecular complexity index is 351. The van der Waals surface area contributed by atoms with Crippen molar-refractivity contribution in [1.29, 1.82) is 0 Å². The van der Waals surface area contributed by atoms with E-state index in [1.54, 1.807) is 13.0 Å². The molecule has 0 amide bonds. The fourth-order valence-corrected chi connectivity index (χ4v) is 1.14. The number of carbonyl (C=O) groups is 1. The summed E-state index contributed by atoms with van der Waals surface area (Å²) in [5, 5.41) is 17.5. The maximum atomic E-state index is 10.9. The highest BCUT2D eigenvalue weighted by Crippen LogP contribution is 2.18. The average molecular weight is 211 g/mol. The zero-order chi connectivity index (χ0) is 11.3. The van der Waals surface area contributed by atoms with Gasteiger partial charge < -0.3 is 14.9 Å². The Labute approximate surface area is 87.3 Å². The Morgan fingerprint density at radius 3 is 2.93 bits per heavy atom. The van der Waals surface area contributed by atoms with Gasteiger partial charge in [-0.05, 0) is 18.6 Å². The predicted octanol–water partition coefficient (Wildman–Crippen LogP) is 0.849. The second kappa shape index (κ2) is 5.31. The van der Waals surface area contributed by atoms with E-state index in [0.29, 0.717) is 12.0 Å². The molecule has 0 saturated heterocycles. The van der Waals surface area contributed by atoms with Crippen LogP contribution in [-0.4, -0.2) is 34.4 Å². The zero-order valence-corrected chi connectivity index (χ0v) is 8.43. The summed E-state index contributed by atoms with van der Waals surface area (Å²) >= 11 is 0. The minimum absolute atomic E-state index is 0.00816. The highest BCUT2D eigenvalue weighted by Gasteiger charge is 2.15. The number of hydrogen-bond acceptors (Lipinski definition) is 4. The van der Waals surface area contributed by atoms with Crippen molar-refractivity contribution in [2.75, 3.05) is 13.2 Å². The van der Waals surface area contributed by atoms with Crippen LogP contribution in [0.3, 0.4) is 0 Å². The number of aliphatic hydroxyl groups excluding tert-OH is 1. The SMILES string of the molecule is Cc1ccnc(OCCCO)c1C(=O)O. The van der Waals surface area contributed by atoms with Crippen LogP contribution in [0.5, 0.6) is 5.88 Å². The van der Waals surface area contributed by atoms with Crippen LogP contribution in [0, 0.1) is 6.92 Å². The Morgan fingerprint density at radius 2 is 2.33 bits per heavy atom. The molecule has 2 N–H and O–H groups in total. The summed E-state index contributed by atoms with van der Waals surface area (Å²) in [5.74, 6) is -0.949. The number of aromatic nitrogens is 1. The van der Waals surface area contributed by atoms with Crippen LogP contribution in [0.4, 0.5) is 0 Å². The molecule has 1 aromatic heterocycles. The van der Waals surface area contributed by atoms with Crippen LogP contribution in [0.2, 0.25) is 0 Å². The molecule has 0 saturated carbocycles. The quantitative estimate of drug-likeness (QED) is 0.706. The molecule has 82 valence electrons. The van der Waals surface area contributed by atoms with Crippen molar-refractivity contribution >= 4 is 5.97 Å². The number of hydrogen-bond donors (Lipinski definition) is 2. The fraction of sp³-hybridized carbons (Fsp3) is 0.400. The summed E-state index contributed by atoms with van der Waals surface area (Å²) in [5.41, 5.74) is 0.687. The van der Waals surface area contributed by atoms with Gasteiger partial charge in [-0.25, -0.2) is 9.78 Å². The molecular weight excluding hydrogens is 198 g/mol. The van der Waals surface area contributed by atoms with Gasteiger partial charge >= 0.3 is 5.97 Å². The lowest BCUT2D eigenvalue weighted by Gasteiger charge is -2.08. The Balaban J connectivity index is 2.86. The average Bonchev–Trinajstić information content (AvgIpc) is 2.17. The molecule has 0 aliphatic heterocycles. The number of aryl methyl sites for hydroxylation is 1. The highest BCUT2D eigenvalue weighted by atomic mass is 16.5. The Hall–Kier alpha value is -1.62. The molecule has 0 fully saturated rings. The fourth-order valence-electron chi connectivity index (χ4n) is 1.14. The van der Waals surface area contributed by atoms with E-state index in [4.69, 9.17) is 14.9 Å². The molecule has 0 aliphatic carbocycles. The van der Waals surface area contributed by atoms with Gasteiger partial charge in [-0.3, -0.25) is 0 Å². The summed E-state index contributed by atoms with van der Waals surface area (Å²) in [7, 11) is 0. The van der Waals surface area contributed by atoms with Crippen LogP contribution in [0.15, 0.2) is 12.3 Å². The van der Waals surface area contributed by atoms with E-state index in [9.17, 15) is 4.79 Å². The number of carboxylic acids is 1. The van der Waals surface area contributed by atoms with Gasteiger partial charge in [0, 0.05) is 19.2 Å². The van der Waals surface area contributed by atoms with Crippen molar-refractivity contribution < 1.29 is 19.7 Å². The van der Waals surface area contributed by atoms with Crippen molar-refractivity contribution in [3.8, 4) is 5.88 Å². The van der Waals surface area contributed by atoms with E-state index in [2.05, 4.69) is 4.98 Å². The van der Waals surface area contributed by atoms with Crippen LogP contribution in [-0.2, 0) is 0 Å². The summed E-state index contributed by atoms with van der Waals surface area (Å²) in [6.07, 6.45) is 1.95. The molecule has 1 aromatic rings. The molecule has 0 aliphatic rings. The Kier molecular flexibility index (Phi) is 4.05. The van der Waals surface area contributed by atoms with Gasteiger partial charge in [-0.2, -0.15) is 0 Å². The second-order valence-corrected chi connectivity index (χ2v) is 3.04. The molecule has 0 atom stereocenters. The first-order valence-corrected chi connectivity index (χ1v) is 4.59. The van der Waals surface area contributed by atoms with Gasteiger partial charge in [-0.1, -0.05) is 0 Å². The molecule has 0 radical (unpaired) electrons. The smallest absolute Gasteiger partial charge is 0.341 e. The topological polar surface area (TPSA) is 79.7 Å². The highest BCUT2D eigenvalue weighted by molar-refractivity contribution is 5.91. The number of pyridine rings is 1. The standard InChI is InChI=1S/C10H13NO4/c1-7-3-4-11-9(8(7)10(13)14)15-6-2-5-12/h3-4,12H,2,5-6H2,1H3,(H,13,14). The molecule has 0 unspecified atom stereocenters. The third-order valence-electron chi connectivity index (χ3n) is 1.88. The van der Waals surface area contributed by atoms with Gasteiger partial charge in [0.05, 0.1) is 6.61 Å². The van der Waals surface area contributed by atoms with Crippen molar-refractivity contribution in [3.63, 3.8) is 0 Å². The molecule has 5 nitrogen and oxygen atoms in total. The summed E-state index contributed by atoms with van der Waals surface area (Å²) in [6, 6.07) is 1.61. The van der Waals surface area contributed by atoms with Crippen LogP contribution in [0.25, 0.3) is 0 Å². The van der Waals surface area contributed by atoms with E-state index in [0.717, 1.165) is 0 Å². The number of nitrogens with zero attached hydrogens (tertiary/aromatic N) is 1. The predicted molar refractivity (Wildman–Crippen MR) is 53.1 cm³/mol. The molecule has 0 spiro atoms. The van der Waals surface area contributed by atoms with Gasteiger partial charge in [-0.15, -0.1) is 0 Å². The van der Waals surface area contributed by atoms with Gasteiger partial charge in [0.2, 0.25) is 5.88 Å². The minimum atomic E-state index is -1.06. The van der Waals surface area contributed by atoms with E-state index >= 15 is 0 Å². The lowest BCUT2D eigenvalue weighted by Crippen LogP contribution is -2.08. The van der Waals surface area contributed by atoms with E-state index < -0.39 is 5.97 Å². The van der Waals surface area contributed by atoms with Crippen molar-refractivity contribution in [3.05, 3.63) is 23.4 Å². The molecule has 1 rings (SSSR count). The minimum Gasteiger partial charge on any atom is -0.477 e. The molecular formula is C10H13NO4. The molecule has 5 heteroatoms. The lowest BCUT2D eigenvalue weighted by atomic mass is 10.1. The largest absolute Gasteiger partial charge is 0.477 e. The number of carboxylic acid groups (broad SMARTS) is 1. The summed E-state index contributed by atoms with van der Waals surface area (Å²) in [4.78, 5) is 14.8. The van der Waals surface area contributed by atoms with Crippen LogP contribution in [0.1, 0.15) is 22.3 Å². The van der Waals surface area contributed by atoms with E-state index in [1.807, 2.05) is 0 Å². The van der Waals surface area contributed by atoms with Crippen molar-refractivity contribution in [2.45, 2.75) is 13.3 Å². The van der Waals surface area contributed by atoms with E-state index in [1.165, 1.54) is 6.20 Å². The lowest BCUT2D eigenvalue weighted by molar-refractivity contribution is 0.0690. The van der Waals surface area contributed by atoms with Crippen LogP contribution >= 0.6 is 0 Å². The monoisotopic (exact) mass is 211 g/mol. The second-order valence-electron chi connectivity index (χ2n) is 3.04. The normalized spacial score (nSPS) is 10.0. The Morgan fingerprint density at radius 1 is 1.60 bits per heavy atom. The van der Waals surface area contributed by atoms with Crippen LogP contribution < -0.4 is 4.74 Å². The van der Waals surface area contributed by atoms with Gasteiger partial charge in [0.15, 0.2) is 0 Å². The van der Waals surface area contributed by atoms with E-state index in [-0.39, 0.29) is 24.7 Å². The first-order valence-electron chi connectivity index (χ1n) is 4.59. The number of rotatable bonds is 5. The molecule has 0 bridgehead atoms. The maximum Gasteiger partial charge on any atom is 0.341 e. The first kappa shape index (κ1) is 11.5. The van der Waals surface area contributed by atoms with Crippen molar-refractivity contribution in [2.24, 2.45) is 0 Å². The third kappa shape index (κ3) is 2.92. The third-order valence-corrected chi connectivity index (χ3v) is 1.88. The molecule has 1 heterocycles.